The molecule has 0 spiro atoms. The molecule has 1 unspecified atom stereocenters. The van der Waals surface area contributed by atoms with E-state index in [1.807, 2.05) is 0 Å². The van der Waals surface area contributed by atoms with Crippen LogP contribution in [0.25, 0.3) is 0 Å². The van der Waals surface area contributed by atoms with Crippen molar-refractivity contribution >= 4 is 18.6 Å². The number of carbonyl (C=O) groups excluding carboxylic acids is 1. The van der Waals surface area contributed by atoms with Crippen LogP contribution in [0, 0.1) is 0 Å². The highest BCUT2D eigenvalue weighted by Gasteiger charge is 2.33. The SMILES string of the molecule is CCOC(=O)C(S)C(C)(C)OC. The van der Waals surface area contributed by atoms with Crippen LogP contribution >= 0.6 is 12.6 Å². The van der Waals surface area contributed by atoms with Gasteiger partial charge in [-0.1, -0.05) is 0 Å². The summed E-state index contributed by atoms with van der Waals surface area (Å²) in [6.45, 7) is 5.72. The Morgan fingerprint density at radius 3 is 2.42 bits per heavy atom. The van der Waals surface area contributed by atoms with Crippen molar-refractivity contribution < 1.29 is 14.3 Å². The highest BCUT2D eigenvalue weighted by atomic mass is 32.1. The molecule has 0 saturated carbocycles. The van der Waals surface area contributed by atoms with Crippen molar-refractivity contribution in [3.8, 4) is 0 Å². The Balaban J connectivity index is 4.17. The number of esters is 1. The molecule has 0 bridgehead atoms. The van der Waals surface area contributed by atoms with E-state index in [-0.39, 0.29) is 5.97 Å². The van der Waals surface area contributed by atoms with Crippen molar-refractivity contribution in [1.29, 1.82) is 0 Å². The summed E-state index contributed by atoms with van der Waals surface area (Å²) in [4.78, 5) is 11.2. The molecule has 0 fully saturated rings. The first-order chi connectivity index (χ1) is 5.45. The molecule has 0 saturated heterocycles. The molecular weight excluding hydrogens is 176 g/mol. The number of hydrogen-bond acceptors (Lipinski definition) is 4. The number of methoxy groups -OCH3 is 1. The predicted octanol–water partition coefficient (Wildman–Crippen LogP) is 1.27. The Kier molecular flexibility index (Phi) is 4.63. The van der Waals surface area contributed by atoms with Gasteiger partial charge in [-0.25, -0.2) is 0 Å². The maximum atomic E-state index is 11.2. The highest BCUT2D eigenvalue weighted by Crippen LogP contribution is 2.19. The van der Waals surface area contributed by atoms with Crippen molar-refractivity contribution in [3.63, 3.8) is 0 Å². The summed E-state index contributed by atoms with van der Waals surface area (Å²) in [6.07, 6.45) is 0. The van der Waals surface area contributed by atoms with Crippen molar-refractivity contribution in [1.82, 2.24) is 0 Å². The quantitative estimate of drug-likeness (QED) is 0.538. The molecule has 0 aromatic rings. The van der Waals surface area contributed by atoms with Gasteiger partial charge in [-0.3, -0.25) is 4.79 Å². The molecule has 4 heteroatoms. The second-order valence-corrected chi connectivity index (χ2v) is 3.48. The third-order valence-corrected chi connectivity index (χ3v) is 2.53. The minimum Gasteiger partial charge on any atom is -0.465 e. The molecule has 0 N–H and O–H groups in total. The summed E-state index contributed by atoms with van der Waals surface area (Å²) >= 11 is 4.12. The zero-order valence-electron chi connectivity index (χ0n) is 7.96. The number of ether oxygens (including phenoxy) is 2. The van der Waals surface area contributed by atoms with Gasteiger partial charge < -0.3 is 9.47 Å². The number of carbonyl (C=O) groups is 1. The van der Waals surface area contributed by atoms with Crippen LogP contribution in [0.5, 0.6) is 0 Å². The smallest absolute Gasteiger partial charge is 0.321 e. The van der Waals surface area contributed by atoms with E-state index in [0.29, 0.717) is 6.61 Å². The second-order valence-electron chi connectivity index (χ2n) is 2.96. The van der Waals surface area contributed by atoms with Crippen LogP contribution in [0.15, 0.2) is 0 Å². The predicted molar refractivity (Wildman–Crippen MR) is 50.5 cm³/mol. The summed E-state index contributed by atoms with van der Waals surface area (Å²) in [7, 11) is 1.54. The normalized spacial score (nSPS) is 14.1. The third kappa shape index (κ3) is 3.03. The summed E-state index contributed by atoms with van der Waals surface area (Å²) < 4.78 is 9.89. The van der Waals surface area contributed by atoms with Gasteiger partial charge >= 0.3 is 5.97 Å². The molecule has 0 rings (SSSR count). The van der Waals surface area contributed by atoms with Crippen molar-refractivity contribution in [3.05, 3.63) is 0 Å². The van der Waals surface area contributed by atoms with E-state index < -0.39 is 10.9 Å². The topological polar surface area (TPSA) is 35.5 Å². The summed E-state index contributed by atoms with van der Waals surface area (Å²) in [6, 6.07) is 0. The van der Waals surface area contributed by atoms with Gasteiger partial charge in [-0.15, -0.1) is 0 Å². The average Bonchev–Trinajstić information content (AvgIpc) is 2.03. The number of hydrogen-bond donors (Lipinski definition) is 1. The zero-order chi connectivity index (χ0) is 9.78. The highest BCUT2D eigenvalue weighted by molar-refractivity contribution is 7.81. The van der Waals surface area contributed by atoms with Crippen LogP contribution in [0.1, 0.15) is 20.8 Å². The van der Waals surface area contributed by atoms with E-state index in [2.05, 4.69) is 12.6 Å². The molecular formula is C8H16O3S. The lowest BCUT2D eigenvalue weighted by Crippen LogP contribution is -2.40. The van der Waals surface area contributed by atoms with E-state index >= 15 is 0 Å². The Morgan fingerprint density at radius 2 is 2.08 bits per heavy atom. The number of rotatable bonds is 4. The maximum absolute atomic E-state index is 11.2. The van der Waals surface area contributed by atoms with Crippen LogP contribution < -0.4 is 0 Å². The Morgan fingerprint density at radius 1 is 1.58 bits per heavy atom. The van der Waals surface area contributed by atoms with Gasteiger partial charge in [0.15, 0.2) is 0 Å². The summed E-state index contributed by atoms with van der Waals surface area (Å²) in [5.41, 5.74) is -0.588. The lowest BCUT2D eigenvalue weighted by Gasteiger charge is -2.27. The van der Waals surface area contributed by atoms with Crippen LogP contribution in [0.2, 0.25) is 0 Å². The Hall–Kier alpha value is -0.220. The Bertz CT molecular complexity index is 156. The fraction of sp³-hybridized carbons (Fsp3) is 0.875. The minimum absolute atomic E-state index is 0.340. The van der Waals surface area contributed by atoms with Crippen LogP contribution in [0.3, 0.4) is 0 Å². The first kappa shape index (κ1) is 11.8. The molecule has 0 aliphatic carbocycles. The molecule has 72 valence electrons. The van der Waals surface area contributed by atoms with Gasteiger partial charge in [0.25, 0.3) is 0 Å². The summed E-state index contributed by atoms with van der Waals surface area (Å²) in [5, 5.41) is -0.539. The van der Waals surface area contributed by atoms with Gasteiger partial charge in [-0.2, -0.15) is 12.6 Å². The number of thiol groups is 1. The standard InChI is InChI=1S/C8H16O3S/c1-5-11-7(9)6(12)8(2,3)10-4/h6,12H,5H2,1-4H3. The van der Waals surface area contributed by atoms with E-state index in [1.54, 1.807) is 27.9 Å². The largest absolute Gasteiger partial charge is 0.465 e. The fourth-order valence-corrected chi connectivity index (χ4v) is 0.797. The van der Waals surface area contributed by atoms with Gasteiger partial charge in [0.2, 0.25) is 0 Å². The molecule has 0 aliphatic heterocycles. The molecule has 3 nitrogen and oxygen atoms in total. The van der Waals surface area contributed by atoms with E-state index in [0.717, 1.165) is 0 Å². The fourth-order valence-electron chi connectivity index (χ4n) is 0.617. The van der Waals surface area contributed by atoms with Gasteiger partial charge in [0, 0.05) is 7.11 Å². The van der Waals surface area contributed by atoms with Crippen LogP contribution in [0.4, 0.5) is 0 Å². The monoisotopic (exact) mass is 192 g/mol. The average molecular weight is 192 g/mol. The van der Waals surface area contributed by atoms with Crippen molar-refractivity contribution in [2.45, 2.75) is 31.6 Å². The minimum atomic E-state index is -0.588. The third-order valence-electron chi connectivity index (χ3n) is 1.69. The van der Waals surface area contributed by atoms with Crippen LogP contribution in [-0.2, 0) is 14.3 Å². The Labute approximate surface area is 78.8 Å². The van der Waals surface area contributed by atoms with Gasteiger partial charge in [-0.05, 0) is 20.8 Å². The molecule has 0 radical (unpaired) electrons. The van der Waals surface area contributed by atoms with Crippen LogP contribution in [-0.4, -0.2) is 30.5 Å². The van der Waals surface area contributed by atoms with E-state index in [1.165, 1.54) is 0 Å². The summed E-state index contributed by atoms with van der Waals surface area (Å²) in [5.74, 6) is -0.340. The maximum Gasteiger partial charge on any atom is 0.321 e. The van der Waals surface area contributed by atoms with Crippen molar-refractivity contribution in [2.75, 3.05) is 13.7 Å². The van der Waals surface area contributed by atoms with E-state index in [4.69, 9.17) is 9.47 Å². The molecule has 0 amide bonds. The lowest BCUT2D eigenvalue weighted by atomic mass is 10.1. The zero-order valence-corrected chi connectivity index (χ0v) is 8.85. The molecule has 12 heavy (non-hydrogen) atoms. The molecule has 1 atom stereocenters. The van der Waals surface area contributed by atoms with E-state index in [9.17, 15) is 4.79 Å². The first-order valence-corrected chi connectivity index (χ1v) is 4.37. The van der Waals surface area contributed by atoms with Gasteiger partial charge in [0.05, 0.1) is 12.2 Å². The van der Waals surface area contributed by atoms with Gasteiger partial charge in [0.1, 0.15) is 5.25 Å². The molecule has 0 aromatic heterocycles. The molecule has 0 heterocycles. The van der Waals surface area contributed by atoms with Crippen molar-refractivity contribution in [2.24, 2.45) is 0 Å². The molecule has 0 aliphatic rings. The lowest BCUT2D eigenvalue weighted by molar-refractivity contribution is -0.147. The first-order valence-electron chi connectivity index (χ1n) is 3.85. The second kappa shape index (κ2) is 4.72. The molecule has 0 aromatic carbocycles.